The van der Waals surface area contributed by atoms with E-state index in [0.717, 1.165) is 10.6 Å². The minimum Gasteiger partial charge on any atom is -0.450 e. The van der Waals surface area contributed by atoms with Gasteiger partial charge in [-0.15, -0.1) is 0 Å². The fraction of sp³-hybridized carbons (Fsp3) is 0.154. The first-order valence-electron chi connectivity index (χ1n) is 6.94. The summed E-state index contributed by atoms with van der Waals surface area (Å²) < 4.78 is 28.3. The van der Waals surface area contributed by atoms with Gasteiger partial charge in [0.15, 0.2) is 5.69 Å². The Morgan fingerprint density at radius 2 is 2.19 bits per heavy atom. The summed E-state index contributed by atoms with van der Waals surface area (Å²) in [6.45, 7) is -0.0874. The number of carbonyl (C=O) groups is 1. The number of rotatable bonds is 6. The van der Waals surface area contributed by atoms with Crippen LogP contribution in [0.4, 0.5) is 15.0 Å². The number of aromatic nitrogens is 4. The largest absolute Gasteiger partial charge is 0.505 e. The average Bonchev–Trinajstić information content (AvgIpc) is 3.20. The Morgan fingerprint density at radius 1 is 1.38 bits per heavy atom. The lowest BCUT2D eigenvalue weighted by Gasteiger charge is -2.05. The SMILES string of the molecule is O=C(O)OCCNc1nonc1-c1noc(=O)n1-c1ccc(F)c(Br)c1. The zero-order valence-electron chi connectivity index (χ0n) is 12.7. The number of hydrogen-bond donors (Lipinski definition) is 2. The van der Waals surface area contributed by atoms with E-state index in [1.807, 2.05) is 0 Å². The van der Waals surface area contributed by atoms with Gasteiger partial charge in [0, 0.05) is 0 Å². The smallest absolute Gasteiger partial charge is 0.450 e. The molecule has 0 saturated heterocycles. The normalized spacial score (nSPS) is 10.7. The highest BCUT2D eigenvalue weighted by atomic mass is 79.9. The molecule has 0 bridgehead atoms. The van der Waals surface area contributed by atoms with E-state index >= 15 is 0 Å². The predicted octanol–water partition coefficient (Wildman–Crippen LogP) is 1.88. The van der Waals surface area contributed by atoms with Crippen LogP contribution in [0.1, 0.15) is 0 Å². The highest BCUT2D eigenvalue weighted by molar-refractivity contribution is 9.10. The molecule has 2 heterocycles. The minimum atomic E-state index is -1.42. The summed E-state index contributed by atoms with van der Waals surface area (Å²) >= 11 is 3.04. The Balaban J connectivity index is 1.92. The van der Waals surface area contributed by atoms with Crippen LogP contribution in [0, 0.1) is 5.82 Å². The van der Waals surface area contributed by atoms with Gasteiger partial charge in [-0.3, -0.25) is 4.52 Å². The van der Waals surface area contributed by atoms with Crippen LogP contribution in [0.2, 0.25) is 0 Å². The fourth-order valence-corrected chi connectivity index (χ4v) is 2.38. The quantitative estimate of drug-likeness (QED) is 0.439. The first-order chi connectivity index (χ1) is 12.5. The van der Waals surface area contributed by atoms with Crippen LogP contribution in [0.15, 0.2) is 36.6 Å². The van der Waals surface area contributed by atoms with Gasteiger partial charge in [0.1, 0.15) is 12.4 Å². The number of anilines is 1. The van der Waals surface area contributed by atoms with Crippen molar-refractivity contribution in [3.8, 4) is 17.2 Å². The number of nitrogens with one attached hydrogen (secondary N) is 1. The molecule has 136 valence electrons. The maximum atomic E-state index is 13.4. The Kier molecular flexibility index (Phi) is 4.97. The van der Waals surface area contributed by atoms with E-state index in [0.29, 0.717) is 0 Å². The van der Waals surface area contributed by atoms with Gasteiger partial charge in [0.05, 0.1) is 16.7 Å². The van der Waals surface area contributed by atoms with Crippen LogP contribution in [0.25, 0.3) is 17.2 Å². The van der Waals surface area contributed by atoms with E-state index in [9.17, 15) is 14.0 Å². The average molecular weight is 430 g/mol. The lowest BCUT2D eigenvalue weighted by atomic mass is 10.3. The zero-order valence-corrected chi connectivity index (χ0v) is 14.3. The summed E-state index contributed by atoms with van der Waals surface area (Å²) in [5.74, 6) is -1.30. The monoisotopic (exact) mass is 429 g/mol. The summed E-state index contributed by atoms with van der Waals surface area (Å²) in [5.41, 5.74) is 0.300. The molecule has 0 aliphatic heterocycles. The molecule has 2 aromatic heterocycles. The van der Waals surface area contributed by atoms with E-state index in [1.54, 1.807) is 0 Å². The molecule has 1 aromatic carbocycles. The highest BCUT2D eigenvalue weighted by Gasteiger charge is 2.23. The Bertz CT molecular complexity index is 999. The molecule has 0 radical (unpaired) electrons. The molecule has 11 nitrogen and oxygen atoms in total. The van der Waals surface area contributed by atoms with Crippen LogP contribution < -0.4 is 11.1 Å². The summed E-state index contributed by atoms with van der Waals surface area (Å²) in [7, 11) is 0. The number of ether oxygens (including phenoxy) is 1. The van der Waals surface area contributed by atoms with E-state index < -0.39 is 17.7 Å². The number of halogens is 2. The minimum absolute atomic E-state index is 0.0339. The second kappa shape index (κ2) is 7.35. The summed E-state index contributed by atoms with van der Waals surface area (Å²) in [5, 5.41) is 22.1. The maximum Gasteiger partial charge on any atom is 0.505 e. The summed E-state index contributed by atoms with van der Waals surface area (Å²) in [6, 6.07) is 3.87. The Morgan fingerprint density at radius 3 is 2.92 bits per heavy atom. The molecule has 0 fully saturated rings. The molecule has 0 aliphatic carbocycles. The van der Waals surface area contributed by atoms with Crippen molar-refractivity contribution in [1.29, 1.82) is 0 Å². The van der Waals surface area contributed by atoms with Crippen molar-refractivity contribution in [2.45, 2.75) is 0 Å². The van der Waals surface area contributed by atoms with E-state index in [1.165, 1.54) is 12.1 Å². The van der Waals surface area contributed by atoms with Gasteiger partial charge in [-0.05, 0) is 44.4 Å². The third-order valence-corrected chi connectivity index (χ3v) is 3.69. The van der Waals surface area contributed by atoms with Gasteiger partial charge < -0.3 is 15.2 Å². The standard InChI is InChI=1S/C13H9BrFN5O6/c14-7-5-6(1-2-8(7)15)20-11(19-25-12(20)21)9-10(18-26-17-9)16-3-4-24-13(22)23/h1-2,5H,3-4H2,(H,16,18)(H,22,23). The number of nitrogens with zero attached hydrogens (tertiary/aromatic N) is 4. The number of carboxylic acid groups (broad SMARTS) is 1. The lowest BCUT2D eigenvalue weighted by molar-refractivity contribution is 0.0952. The summed E-state index contributed by atoms with van der Waals surface area (Å²) in [6.07, 6.45) is -1.42. The third-order valence-electron chi connectivity index (χ3n) is 3.09. The van der Waals surface area contributed by atoms with Crippen molar-refractivity contribution in [3.05, 3.63) is 39.0 Å². The van der Waals surface area contributed by atoms with Crippen molar-refractivity contribution in [1.82, 2.24) is 20.0 Å². The van der Waals surface area contributed by atoms with Crippen molar-refractivity contribution in [2.75, 3.05) is 18.5 Å². The first-order valence-corrected chi connectivity index (χ1v) is 7.73. The van der Waals surface area contributed by atoms with Gasteiger partial charge in [0.25, 0.3) is 0 Å². The molecule has 2 N–H and O–H groups in total. The van der Waals surface area contributed by atoms with Crippen molar-refractivity contribution in [3.63, 3.8) is 0 Å². The molecular formula is C13H9BrFN5O6. The van der Waals surface area contributed by atoms with Crippen LogP contribution in [-0.2, 0) is 4.74 Å². The van der Waals surface area contributed by atoms with Gasteiger partial charge >= 0.3 is 11.9 Å². The van der Waals surface area contributed by atoms with E-state index in [-0.39, 0.29) is 40.6 Å². The Labute approximate surface area is 151 Å². The molecule has 3 rings (SSSR count). The molecule has 0 spiro atoms. The molecule has 0 aliphatic rings. The van der Waals surface area contributed by atoms with E-state index in [4.69, 9.17) is 5.11 Å². The second-order valence-electron chi connectivity index (χ2n) is 4.71. The third kappa shape index (κ3) is 3.56. The predicted molar refractivity (Wildman–Crippen MR) is 85.5 cm³/mol. The second-order valence-corrected chi connectivity index (χ2v) is 5.56. The maximum absolute atomic E-state index is 13.4. The van der Waals surface area contributed by atoms with Gasteiger partial charge in [-0.25, -0.2) is 23.2 Å². The lowest BCUT2D eigenvalue weighted by Crippen LogP contribution is -2.15. The highest BCUT2D eigenvalue weighted by Crippen LogP contribution is 2.25. The molecule has 26 heavy (non-hydrogen) atoms. The van der Waals surface area contributed by atoms with Crippen molar-refractivity contribution in [2.24, 2.45) is 0 Å². The summed E-state index contributed by atoms with van der Waals surface area (Å²) in [4.78, 5) is 22.3. The van der Waals surface area contributed by atoms with Gasteiger partial charge in [0.2, 0.25) is 11.6 Å². The van der Waals surface area contributed by atoms with Gasteiger partial charge in [-0.1, -0.05) is 5.16 Å². The van der Waals surface area contributed by atoms with Crippen molar-refractivity contribution >= 4 is 27.9 Å². The van der Waals surface area contributed by atoms with Crippen LogP contribution >= 0.6 is 15.9 Å². The molecule has 3 aromatic rings. The molecule has 0 amide bonds. The topological polar surface area (TPSA) is 146 Å². The first kappa shape index (κ1) is 17.6. The Hall–Kier alpha value is -3.22. The molecule has 0 unspecified atom stereocenters. The zero-order chi connectivity index (χ0) is 18.7. The van der Waals surface area contributed by atoms with E-state index in [2.05, 4.69) is 50.6 Å². The number of hydrogen-bond acceptors (Lipinski definition) is 9. The van der Waals surface area contributed by atoms with Crippen molar-refractivity contribution < 1.29 is 28.2 Å². The van der Waals surface area contributed by atoms with Crippen LogP contribution in [-0.4, -0.2) is 44.5 Å². The van der Waals surface area contributed by atoms with Crippen LogP contribution in [0.3, 0.4) is 0 Å². The molecule has 0 atom stereocenters. The number of benzene rings is 1. The van der Waals surface area contributed by atoms with Crippen LogP contribution in [0.5, 0.6) is 0 Å². The molecular weight excluding hydrogens is 421 g/mol. The van der Waals surface area contributed by atoms with Gasteiger partial charge in [-0.2, -0.15) is 0 Å². The molecule has 13 heteroatoms. The molecule has 0 saturated carbocycles. The fourth-order valence-electron chi connectivity index (χ4n) is 2.01.